The first-order valence-electron chi connectivity index (χ1n) is 8.84. The third kappa shape index (κ3) is 3.47. The Balaban J connectivity index is 1.88. The Morgan fingerprint density at radius 2 is 1.69 bits per heavy atom. The highest BCUT2D eigenvalue weighted by Crippen LogP contribution is 2.39. The number of halogens is 3. The topological polar surface area (TPSA) is 36.4 Å². The molecule has 3 aromatic rings. The number of amides is 1. The van der Waals surface area contributed by atoms with Gasteiger partial charge in [0.1, 0.15) is 5.82 Å². The monoisotopic (exact) mass is 395 g/mol. The number of aromatic nitrogens is 1. The van der Waals surface area contributed by atoms with Crippen molar-refractivity contribution in [1.29, 1.82) is 0 Å². The molecule has 29 heavy (non-hydrogen) atoms. The lowest BCUT2D eigenvalue weighted by Crippen LogP contribution is -2.39. The maximum absolute atomic E-state index is 13.3. The second-order valence-electron chi connectivity index (χ2n) is 6.53. The number of pyridine rings is 1. The molecule has 146 valence electrons. The number of benzene rings is 2. The number of carbonyl (C=O) groups is 1. The number of fused-ring (bicyclic) bond motifs is 1. The molecule has 0 radical (unpaired) electrons. The summed E-state index contributed by atoms with van der Waals surface area (Å²) in [5.74, 6) is 0.0766. The van der Waals surface area contributed by atoms with Crippen molar-refractivity contribution in [3.05, 3.63) is 95.2 Å². The maximum Gasteiger partial charge on any atom is 0.416 e. The molecule has 0 unspecified atom stereocenters. The Labute approximate surface area is 165 Å². The normalized spacial score (nSPS) is 15.0. The van der Waals surface area contributed by atoms with Crippen molar-refractivity contribution in [1.82, 2.24) is 9.99 Å². The molecule has 0 spiro atoms. The number of carbonyl (C=O) groups excluding carboxylic acids is 1. The molecule has 0 bridgehead atoms. The van der Waals surface area contributed by atoms with Gasteiger partial charge >= 0.3 is 6.18 Å². The summed E-state index contributed by atoms with van der Waals surface area (Å²) >= 11 is 0. The summed E-state index contributed by atoms with van der Waals surface area (Å²) in [5, 5.41) is 2.88. The van der Waals surface area contributed by atoms with Crippen LogP contribution in [-0.4, -0.2) is 22.9 Å². The fraction of sp³-hybridized carbons (Fsp3) is 0.0909. The molecule has 1 amide bonds. The minimum absolute atomic E-state index is 0.211. The quantitative estimate of drug-likeness (QED) is 0.619. The Morgan fingerprint density at radius 3 is 2.34 bits per heavy atom. The van der Waals surface area contributed by atoms with Crippen LogP contribution < -0.4 is 5.01 Å². The van der Waals surface area contributed by atoms with Gasteiger partial charge in [-0.05, 0) is 42.0 Å². The van der Waals surface area contributed by atoms with E-state index < -0.39 is 17.6 Å². The van der Waals surface area contributed by atoms with Gasteiger partial charge in [0.25, 0.3) is 5.91 Å². The molecule has 4 rings (SSSR count). The zero-order valence-electron chi connectivity index (χ0n) is 15.4. The van der Waals surface area contributed by atoms with E-state index in [0.717, 1.165) is 17.7 Å². The van der Waals surface area contributed by atoms with Gasteiger partial charge in [-0.3, -0.25) is 9.80 Å². The summed E-state index contributed by atoms with van der Waals surface area (Å²) in [6, 6.07) is 17.5. The lowest BCUT2D eigenvalue weighted by atomic mass is 10.0. The minimum atomic E-state index is -4.50. The van der Waals surface area contributed by atoms with Gasteiger partial charge in [0.15, 0.2) is 0 Å². The largest absolute Gasteiger partial charge is 0.416 e. The van der Waals surface area contributed by atoms with E-state index in [1.165, 1.54) is 16.1 Å². The Hall–Kier alpha value is -3.61. The second-order valence-corrected chi connectivity index (χ2v) is 6.53. The van der Waals surface area contributed by atoms with Gasteiger partial charge in [-0.2, -0.15) is 13.2 Å². The summed E-state index contributed by atoms with van der Waals surface area (Å²) in [6.07, 6.45) is -1.22. The van der Waals surface area contributed by atoms with Crippen molar-refractivity contribution >= 4 is 23.5 Å². The van der Waals surface area contributed by atoms with Gasteiger partial charge in [-0.15, -0.1) is 0 Å². The number of rotatable bonds is 3. The molecule has 0 aliphatic carbocycles. The molecule has 2 heterocycles. The number of anilines is 1. The molecule has 0 saturated carbocycles. The van der Waals surface area contributed by atoms with Crippen LogP contribution >= 0.6 is 0 Å². The summed E-state index contributed by atoms with van der Waals surface area (Å²) in [7, 11) is 1.65. The first-order chi connectivity index (χ1) is 13.9. The first-order valence-corrected chi connectivity index (χ1v) is 8.84. The van der Waals surface area contributed by atoms with Crippen LogP contribution in [-0.2, 0) is 6.18 Å². The summed E-state index contributed by atoms with van der Waals surface area (Å²) in [5.41, 5.74) is 0.764. The summed E-state index contributed by atoms with van der Waals surface area (Å²) < 4.78 is 39.9. The van der Waals surface area contributed by atoms with Gasteiger partial charge in [0, 0.05) is 18.8 Å². The molecule has 0 fully saturated rings. The van der Waals surface area contributed by atoms with Crippen molar-refractivity contribution in [3.63, 3.8) is 0 Å². The number of hydrazine groups is 1. The van der Waals surface area contributed by atoms with Crippen LogP contribution in [0.3, 0.4) is 0 Å². The summed E-state index contributed by atoms with van der Waals surface area (Å²) in [4.78, 5) is 17.4. The maximum atomic E-state index is 13.3. The van der Waals surface area contributed by atoms with Crippen LogP contribution in [0.25, 0.3) is 11.8 Å². The molecule has 0 saturated heterocycles. The van der Waals surface area contributed by atoms with Crippen molar-refractivity contribution in [2.45, 2.75) is 6.18 Å². The van der Waals surface area contributed by atoms with Gasteiger partial charge < -0.3 is 0 Å². The molecule has 1 aliphatic heterocycles. The van der Waals surface area contributed by atoms with E-state index in [0.29, 0.717) is 11.5 Å². The lowest BCUT2D eigenvalue weighted by Gasteiger charge is -2.30. The highest BCUT2D eigenvalue weighted by molar-refractivity contribution is 6.12. The standard InChI is InChI=1S/C22H16F3N3O/c1-27(20-9-5-6-12-26-20)28-19(13-15-7-3-2-4-8-15)18-14-16(22(23,24)25)10-11-17(18)21(28)29/h2-14H,1H3/b19-13-. The Morgan fingerprint density at radius 1 is 0.966 bits per heavy atom. The highest BCUT2D eigenvalue weighted by atomic mass is 19.4. The molecule has 1 aromatic heterocycles. The molecular weight excluding hydrogens is 379 g/mol. The predicted octanol–water partition coefficient (Wildman–Crippen LogP) is 5.11. The molecule has 2 aromatic carbocycles. The third-order valence-corrected chi connectivity index (χ3v) is 4.66. The van der Waals surface area contributed by atoms with Crippen LogP contribution in [0.4, 0.5) is 19.0 Å². The molecule has 0 N–H and O–H groups in total. The molecule has 0 atom stereocenters. The van der Waals surface area contributed by atoms with Crippen LogP contribution in [0.5, 0.6) is 0 Å². The Kier molecular flexibility index (Phi) is 4.58. The number of nitrogens with zero attached hydrogens (tertiary/aromatic N) is 3. The first kappa shape index (κ1) is 18.7. The van der Waals surface area contributed by atoms with Gasteiger partial charge in [-0.1, -0.05) is 36.4 Å². The van der Waals surface area contributed by atoms with Crippen molar-refractivity contribution in [2.75, 3.05) is 12.1 Å². The average molecular weight is 395 g/mol. The van der Waals surface area contributed by atoms with E-state index in [9.17, 15) is 18.0 Å². The van der Waals surface area contributed by atoms with Crippen LogP contribution in [0.15, 0.2) is 72.9 Å². The van der Waals surface area contributed by atoms with E-state index in [4.69, 9.17) is 0 Å². The van der Waals surface area contributed by atoms with E-state index in [-0.39, 0.29) is 11.1 Å². The number of alkyl halides is 3. The second kappa shape index (κ2) is 7.09. The SMILES string of the molecule is CN(c1ccccn1)N1C(=O)c2ccc(C(F)(F)F)cc2/C1=C/c1ccccc1. The van der Waals surface area contributed by atoms with E-state index >= 15 is 0 Å². The predicted molar refractivity (Wildman–Crippen MR) is 105 cm³/mol. The van der Waals surface area contributed by atoms with Gasteiger partial charge in [0.05, 0.1) is 16.8 Å². The number of hydrogen-bond donors (Lipinski definition) is 0. The smallest absolute Gasteiger partial charge is 0.267 e. The van der Waals surface area contributed by atoms with E-state index in [1.807, 2.05) is 30.3 Å². The van der Waals surface area contributed by atoms with E-state index in [1.54, 1.807) is 37.5 Å². The Bertz CT molecular complexity index is 1080. The molecule has 4 nitrogen and oxygen atoms in total. The highest BCUT2D eigenvalue weighted by Gasteiger charge is 2.39. The lowest BCUT2D eigenvalue weighted by molar-refractivity contribution is -0.137. The van der Waals surface area contributed by atoms with Crippen LogP contribution in [0, 0.1) is 0 Å². The van der Waals surface area contributed by atoms with Crippen molar-refractivity contribution in [3.8, 4) is 0 Å². The molecule has 7 heteroatoms. The van der Waals surface area contributed by atoms with Crippen LogP contribution in [0.1, 0.15) is 27.0 Å². The van der Waals surface area contributed by atoms with Gasteiger partial charge in [-0.25, -0.2) is 9.99 Å². The molecular formula is C22H16F3N3O. The van der Waals surface area contributed by atoms with Crippen LogP contribution in [0.2, 0.25) is 0 Å². The fourth-order valence-corrected chi connectivity index (χ4v) is 3.25. The van der Waals surface area contributed by atoms with Crippen molar-refractivity contribution < 1.29 is 18.0 Å². The third-order valence-electron chi connectivity index (χ3n) is 4.66. The average Bonchev–Trinajstić information content (AvgIpc) is 2.99. The fourth-order valence-electron chi connectivity index (χ4n) is 3.25. The number of hydrogen-bond acceptors (Lipinski definition) is 3. The van der Waals surface area contributed by atoms with E-state index in [2.05, 4.69) is 4.98 Å². The minimum Gasteiger partial charge on any atom is -0.267 e. The zero-order valence-corrected chi connectivity index (χ0v) is 15.4. The summed E-state index contributed by atoms with van der Waals surface area (Å²) in [6.45, 7) is 0. The van der Waals surface area contributed by atoms with Gasteiger partial charge in [0.2, 0.25) is 0 Å². The molecule has 1 aliphatic rings. The zero-order chi connectivity index (χ0) is 20.6. The van der Waals surface area contributed by atoms with Crippen molar-refractivity contribution in [2.24, 2.45) is 0 Å².